The Morgan fingerprint density at radius 1 is 1.33 bits per heavy atom. The van der Waals surface area contributed by atoms with Gasteiger partial charge >= 0.3 is 0 Å². The lowest BCUT2D eigenvalue weighted by molar-refractivity contribution is -0.137. The zero-order valence-electron chi connectivity index (χ0n) is 16.2. The number of unbranched alkanes of at least 4 members (excludes halogenated alkanes) is 1. The van der Waals surface area contributed by atoms with E-state index in [1.165, 1.54) is 12.1 Å². The van der Waals surface area contributed by atoms with Crippen LogP contribution in [-0.4, -0.2) is 34.0 Å². The third-order valence-corrected chi connectivity index (χ3v) is 5.37. The highest BCUT2D eigenvalue weighted by molar-refractivity contribution is 5.79. The lowest BCUT2D eigenvalue weighted by atomic mass is 9.93. The minimum absolute atomic E-state index is 0.0630. The minimum Gasteiger partial charge on any atom is -0.342 e. The van der Waals surface area contributed by atoms with Crippen molar-refractivity contribution in [3.8, 4) is 11.4 Å². The molecule has 27 heavy (non-hydrogen) atoms. The number of piperidine rings is 1. The van der Waals surface area contributed by atoms with Gasteiger partial charge in [0.2, 0.25) is 17.6 Å². The van der Waals surface area contributed by atoms with Gasteiger partial charge < -0.3 is 9.42 Å². The summed E-state index contributed by atoms with van der Waals surface area (Å²) in [5, 5.41) is 4.04. The van der Waals surface area contributed by atoms with Crippen molar-refractivity contribution < 1.29 is 13.7 Å². The molecule has 0 unspecified atom stereocenters. The number of hydrogen-bond acceptors (Lipinski definition) is 4. The average molecular weight is 373 g/mol. The van der Waals surface area contributed by atoms with Crippen molar-refractivity contribution in [3.05, 3.63) is 36.0 Å². The summed E-state index contributed by atoms with van der Waals surface area (Å²) in [7, 11) is 0. The maximum atomic E-state index is 13.1. The number of benzene rings is 1. The molecule has 6 heteroatoms. The molecule has 2 heterocycles. The third kappa shape index (κ3) is 4.73. The minimum atomic E-state index is -0.294. The van der Waals surface area contributed by atoms with Crippen molar-refractivity contribution in [2.24, 2.45) is 5.92 Å². The van der Waals surface area contributed by atoms with E-state index in [0.29, 0.717) is 18.3 Å². The highest BCUT2D eigenvalue weighted by atomic mass is 19.1. The molecular weight excluding hydrogens is 345 g/mol. The average Bonchev–Trinajstić information content (AvgIpc) is 3.19. The van der Waals surface area contributed by atoms with E-state index in [2.05, 4.69) is 24.0 Å². The summed E-state index contributed by atoms with van der Waals surface area (Å²) >= 11 is 0. The summed E-state index contributed by atoms with van der Waals surface area (Å²) in [6.07, 6.45) is 5.92. The Morgan fingerprint density at radius 3 is 2.81 bits per heavy atom. The maximum absolute atomic E-state index is 13.1. The van der Waals surface area contributed by atoms with Gasteiger partial charge in [-0.2, -0.15) is 4.98 Å². The summed E-state index contributed by atoms with van der Waals surface area (Å²) in [5.41, 5.74) is 0.723. The number of nitrogens with zero attached hydrogens (tertiary/aromatic N) is 3. The fourth-order valence-electron chi connectivity index (χ4n) is 3.71. The predicted octanol–water partition coefficient (Wildman–Crippen LogP) is 4.80. The molecule has 1 aromatic carbocycles. The van der Waals surface area contributed by atoms with Crippen molar-refractivity contribution >= 4 is 5.91 Å². The van der Waals surface area contributed by atoms with Crippen LogP contribution in [0, 0.1) is 11.7 Å². The van der Waals surface area contributed by atoms with E-state index >= 15 is 0 Å². The van der Waals surface area contributed by atoms with Crippen LogP contribution in [0.2, 0.25) is 0 Å². The van der Waals surface area contributed by atoms with Gasteiger partial charge in [-0.05, 0) is 49.9 Å². The van der Waals surface area contributed by atoms with E-state index in [1.807, 2.05) is 4.90 Å². The molecule has 0 saturated carbocycles. The first-order valence-corrected chi connectivity index (χ1v) is 10.0. The number of halogens is 1. The van der Waals surface area contributed by atoms with Crippen LogP contribution in [0.5, 0.6) is 0 Å². The lowest BCUT2D eigenvalue weighted by Gasteiger charge is -2.33. The normalized spacial score (nSPS) is 18.5. The van der Waals surface area contributed by atoms with Crippen molar-refractivity contribution in [2.45, 2.75) is 58.3 Å². The zero-order valence-corrected chi connectivity index (χ0v) is 16.2. The van der Waals surface area contributed by atoms with Crippen LogP contribution in [0.25, 0.3) is 11.4 Å². The third-order valence-electron chi connectivity index (χ3n) is 5.37. The van der Waals surface area contributed by atoms with Crippen molar-refractivity contribution in [2.75, 3.05) is 13.1 Å². The van der Waals surface area contributed by atoms with Gasteiger partial charge in [0.05, 0.1) is 5.92 Å². The molecule has 146 valence electrons. The number of likely N-dealkylation sites (tertiary alicyclic amines) is 1. The molecule has 0 radical (unpaired) electrons. The first-order valence-electron chi connectivity index (χ1n) is 10.0. The molecule has 2 aromatic rings. The van der Waals surface area contributed by atoms with E-state index in [9.17, 15) is 9.18 Å². The predicted molar refractivity (Wildman–Crippen MR) is 102 cm³/mol. The molecule has 1 aliphatic heterocycles. The summed E-state index contributed by atoms with van der Waals surface area (Å²) in [5.74, 6) is 1.16. The van der Waals surface area contributed by atoms with Crippen LogP contribution in [0.1, 0.15) is 64.2 Å². The molecule has 0 spiro atoms. The van der Waals surface area contributed by atoms with E-state index in [-0.39, 0.29) is 23.6 Å². The summed E-state index contributed by atoms with van der Waals surface area (Å²) in [6, 6.07) is 6.04. The Morgan fingerprint density at radius 2 is 2.11 bits per heavy atom. The Balaban J connectivity index is 1.67. The van der Waals surface area contributed by atoms with Gasteiger partial charge in [0.1, 0.15) is 5.82 Å². The van der Waals surface area contributed by atoms with Crippen LogP contribution >= 0.6 is 0 Å². The standard InChI is InChI=1S/C21H28FN3O2/c1-3-5-7-15(4-2)21(26)25-13-6-8-17(14-25)20-23-19(24-27-20)16-9-11-18(22)12-10-16/h9-12,15,17H,3-8,13-14H2,1-2H3/t15-,17-/m0/s1. The highest BCUT2D eigenvalue weighted by Crippen LogP contribution is 2.29. The van der Waals surface area contributed by atoms with Crippen LogP contribution in [-0.2, 0) is 4.79 Å². The van der Waals surface area contributed by atoms with Crippen molar-refractivity contribution in [1.29, 1.82) is 0 Å². The molecule has 0 N–H and O–H groups in total. The van der Waals surface area contributed by atoms with Crippen molar-refractivity contribution in [3.63, 3.8) is 0 Å². The maximum Gasteiger partial charge on any atom is 0.231 e. The van der Waals surface area contributed by atoms with Crippen LogP contribution < -0.4 is 0 Å². The topological polar surface area (TPSA) is 59.2 Å². The first kappa shape index (κ1) is 19.5. The zero-order chi connectivity index (χ0) is 19.2. The first-order chi connectivity index (χ1) is 13.1. The molecule has 5 nitrogen and oxygen atoms in total. The van der Waals surface area contributed by atoms with E-state index in [0.717, 1.165) is 50.6 Å². The summed E-state index contributed by atoms with van der Waals surface area (Å²) < 4.78 is 18.6. The van der Waals surface area contributed by atoms with Gasteiger partial charge in [-0.1, -0.05) is 31.8 Å². The van der Waals surface area contributed by atoms with Gasteiger partial charge in [0.15, 0.2) is 0 Å². The second-order valence-corrected chi connectivity index (χ2v) is 7.33. The van der Waals surface area contributed by atoms with Gasteiger partial charge in [0.25, 0.3) is 0 Å². The molecule has 1 aromatic heterocycles. The fourth-order valence-corrected chi connectivity index (χ4v) is 3.71. The second-order valence-electron chi connectivity index (χ2n) is 7.33. The number of aromatic nitrogens is 2. The molecular formula is C21H28FN3O2. The number of carbonyl (C=O) groups excluding carboxylic acids is 1. The van der Waals surface area contributed by atoms with Crippen LogP contribution in [0.4, 0.5) is 4.39 Å². The number of rotatable bonds is 7. The molecule has 0 aliphatic carbocycles. The largest absolute Gasteiger partial charge is 0.342 e. The molecule has 1 saturated heterocycles. The molecule has 1 amide bonds. The van der Waals surface area contributed by atoms with E-state index < -0.39 is 0 Å². The summed E-state index contributed by atoms with van der Waals surface area (Å²) in [4.78, 5) is 19.4. The van der Waals surface area contributed by atoms with E-state index in [4.69, 9.17) is 4.52 Å². The van der Waals surface area contributed by atoms with Gasteiger partial charge in [0, 0.05) is 24.6 Å². The Labute approximate surface area is 159 Å². The Hall–Kier alpha value is -2.24. The summed E-state index contributed by atoms with van der Waals surface area (Å²) in [6.45, 7) is 5.68. The lowest BCUT2D eigenvalue weighted by Crippen LogP contribution is -2.42. The van der Waals surface area contributed by atoms with Gasteiger partial charge in [-0.15, -0.1) is 0 Å². The SMILES string of the molecule is CCCC[C@H](CC)C(=O)N1CCC[C@H](c2nc(-c3ccc(F)cc3)no2)C1. The smallest absolute Gasteiger partial charge is 0.231 e. The van der Waals surface area contributed by atoms with Crippen LogP contribution in [0.3, 0.4) is 0 Å². The van der Waals surface area contributed by atoms with E-state index in [1.54, 1.807) is 12.1 Å². The van der Waals surface area contributed by atoms with Gasteiger partial charge in [-0.3, -0.25) is 4.79 Å². The van der Waals surface area contributed by atoms with Gasteiger partial charge in [-0.25, -0.2) is 4.39 Å². The second kappa shape index (κ2) is 9.11. The molecule has 3 rings (SSSR count). The van der Waals surface area contributed by atoms with Crippen LogP contribution in [0.15, 0.2) is 28.8 Å². The monoisotopic (exact) mass is 373 g/mol. The number of amides is 1. The Bertz CT molecular complexity index is 744. The molecule has 2 atom stereocenters. The molecule has 1 fully saturated rings. The number of carbonyl (C=O) groups is 1. The quantitative estimate of drug-likeness (QED) is 0.699. The molecule has 1 aliphatic rings. The highest BCUT2D eigenvalue weighted by Gasteiger charge is 2.31. The van der Waals surface area contributed by atoms with Crippen molar-refractivity contribution in [1.82, 2.24) is 15.0 Å². The molecule has 0 bridgehead atoms. The fraction of sp³-hybridized carbons (Fsp3) is 0.571. The number of hydrogen-bond donors (Lipinski definition) is 0. The Kier molecular flexibility index (Phi) is 6.58.